The molecule has 1 aliphatic heterocycles. The maximum atomic E-state index is 14.3. The zero-order valence-electron chi connectivity index (χ0n) is 20.3. The van der Waals surface area contributed by atoms with Crippen molar-refractivity contribution in [2.24, 2.45) is 0 Å². The maximum Gasteiger partial charge on any atom is 0.220 e. The van der Waals surface area contributed by atoms with Gasteiger partial charge in [0.05, 0.1) is 29.8 Å². The average molecular weight is 521 g/mol. The Bertz CT molecular complexity index is 1440. The number of carbonyl (C=O) groups is 1. The van der Waals surface area contributed by atoms with Gasteiger partial charge in [0.1, 0.15) is 18.2 Å². The Morgan fingerprint density at radius 3 is 2.92 bits per heavy atom. The van der Waals surface area contributed by atoms with E-state index in [1.807, 2.05) is 29.2 Å². The highest BCUT2D eigenvalue weighted by Gasteiger charge is 2.19. The summed E-state index contributed by atoms with van der Waals surface area (Å²) in [5, 5.41) is 12.7. The molecule has 1 fully saturated rings. The highest BCUT2D eigenvalue weighted by Crippen LogP contribution is 2.30. The molecule has 1 N–H and O–H groups in total. The molecule has 10 heteroatoms. The third-order valence-electron chi connectivity index (χ3n) is 6.25. The summed E-state index contributed by atoms with van der Waals surface area (Å²) in [6.45, 7) is 5.27. The first kappa shape index (κ1) is 24.9. The number of amides is 1. The molecule has 4 aromatic rings. The standard InChI is InChI=1S/C27H26ClFN6O2/c1-18(36)35-10-2-9-34(17-35)11-12-37-21-4-5-22-25(7-8-30-26(22)15-21)32-20-14-27(33-31-16-20)23-13-19(28)3-6-24(23)29/h3-8,13-16H,2,9-12,17H2,1H3,(H,30,32,33). The van der Waals surface area contributed by atoms with Crippen molar-refractivity contribution in [2.45, 2.75) is 13.3 Å². The van der Waals surface area contributed by atoms with Gasteiger partial charge in [0, 0.05) is 60.5 Å². The normalized spacial score (nSPS) is 14.1. The third kappa shape index (κ3) is 5.95. The molecule has 3 heterocycles. The number of aromatic nitrogens is 3. The number of fused-ring (bicyclic) bond motifs is 1. The largest absolute Gasteiger partial charge is 0.492 e. The molecule has 0 radical (unpaired) electrons. The molecular formula is C27H26ClFN6O2. The summed E-state index contributed by atoms with van der Waals surface area (Å²) < 4.78 is 20.3. The van der Waals surface area contributed by atoms with Gasteiger partial charge in [0.15, 0.2) is 0 Å². The smallest absolute Gasteiger partial charge is 0.220 e. The van der Waals surface area contributed by atoms with Gasteiger partial charge in [-0.3, -0.25) is 14.7 Å². The van der Waals surface area contributed by atoms with Gasteiger partial charge in [-0.1, -0.05) is 11.6 Å². The van der Waals surface area contributed by atoms with Crippen LogP contribution in [-0.4, -0.2) is 63.8 Å². The second kappa shape index (κ2) is 11.1. The van der Waals surface area contributed by atoms with Gasteiger partial charge in [-0.15, -0.1) is 0 Å². The van der Waals surface area contributed by atoms with Crippen LogP contribution >= 0.6 is 11.6 Å². The van der Waals surface area contributed by atoms with Crippen LogP contribution < -0.4 is 10.1 Å². The van der Waals surface area contributed by atoms with Crippen molar-refractivity contribution in [2.75, 3.05) is 38.2 Å². The number of hydrogen-bond donors (Lipinski definition) is 1. The van der Waals surface area contributed by atoms with Gasteiger partial charge in [0.2, 0.25) is 5.91 Å². The van der Waals surface area contributed by atoms with E-state index < -0.39 is 5.82 Å². The second-order valence-electron chi connectivity index (χ2n) is 8.86. The van der Waals surface area contributed by atoms with E-state index in [2.05, 4.69) is 25.4 Å². The van der Waals surface area contributed by atoms with Gasteiger partial charge in [-0.05, 0) is 48.9 Å². The zero-order valence-corrected chi connectivity index (χ0v) is 21.1. The number of hydrogen-bond acceptors (Lipinski definition) is 7. The van der Waals surface area contributed by atoms with Crippen molar-refractivity contribution in [3.05, 3.63) is 71.8 Å². The van der Waals surface area contributed by atoms with E-state index in [0.29, 0.717) is 29.7 Å². The van der Waals surface area contributed by atoms with Crippen molar-refractivity contribution >= 4 is 39.8 Å². The molecule has 0 saturated carbocycles. The molecule has 1 amide bonds. The lowest BCUT2D eigenvalue weighted by atomic mass is 10.1. The minimum Gasteiger partial charge on any atom is -0.492 e. The van der Waals surface area contributed by atoms with Crippen LogP contribution in [0.4, 0.5) is 15.8 Å². The van der Waals surface area contributed by atoms with Gasteiger partial charge in [0.25, 0.3) is 0 Å². The monoisotopic (exact) mass is 520 g/mol. The van der Waals surface area contributed by atoms with E-state index in [4.69, 9.17) is 16.3 Å². The van der Waals surface area contributed by atoms with Gasteiger partial charge in [-0.2, -0.15) is 10.2 Å². The van der Waals surface area contributed by atoms with Crippen molar-refractivity contribution in [1.82, 2.24) is 25.0 Å². The molecule has 8 nitrogen and oxygen atoms in total. The Labute approximate surface area is 219 Å². The molecule has 2 aromatic carbocycles. The van der Waals surface area contributed by atoms with Crippen LogP contribution in [0, 0.1) is 5.82 Å². The summed E-state index contributed by atoms with van der Waals surface area (Å²) in [5.74, 6) is 0.405. The molecule has 0 aliphatic carbocycles. The topological polar surface area (TPSA) is 83.5 Å². The summed E-state index contributed by atoms with van der Waals surface area (Å²) in [5.41, 5.74) is 2.90. The molecule has 0 bridgehead atoms. The molecule has 0 atom stereocenters. The number of carbonyl (C=O) groups excluding carboxylic acids is 1. The molecule has 0 unspecified atom stereocenters. The molecule has 2 aromatic heterocycles. The van der Waals surface area contributed by atoms with E-state index in [1.54, 1.807) is 25.4 Å². The van der Waals surface area contributed by atoms with E-state index >= 15 is 0 Å². The quantitative estimate of drug-likeness (QED) is 0.362. The minimum atomic E-state index is -0.422. The SMILES string of the molecule is CC(=O)N1CCCN(CCOc2ccc3c(Nc4cnnc(-c5cc(Cl)ccc5F)c4)ccnc3c2)C1. The first-order valence-corrected chi connectivity index (χ1v) is 12.4. The van der Waals surface area contributed by atoms with Crippen molar-refractivity contribution in [1.29, 1.82) is 0 Å². The fourth-order valence-corrected chi connectivity index (χ4v) is 4.51. The lowest BCUT2D eigenvalue weighted by molar-refractivity contribution is -0.132. The summed E-state index contributed by atoms with van der Waals surface area (Å²) in [6.07, 6.45) is 4.26. The summed E-state index contributed by atoms with van der Waals surface area (Å²) in [6, 6.07) is 13.7. The number of rotatable bonds is 7. The summed E-state index contributed by atoms with van der Waals surface area (Å²) in [4.78, 5) is 20.2. The molecule has 5 rings (SSSR count). The lowest BCUT2D eigenvalue weighted by Crippen LogP contribution is -2.47. The zero-order chi connectivity index (χ0) is 25.8. The van der Waals surface area contributed by atoms with E-state index in [-0.39, 0.29) is 11.5 Å². The van der Waals surface area contributed by atoms with Crippen LogP contribution in [0.5, 0.6) is 5.75 Å². The van der Waals surface area contributed by atoms with Crippen LogP contribution in [0.15, 0.2) is 60.9 Å². The van der Waals surface area contributed by atoms with Gasteiger partial charge >= 0.3 is 0 Å². The van der Waals surface area contributed by atoms with Crippen LogP contribution in [0.3, 0.4) is 0 Å². The summed E-state index contributed by atoms with van der Waals surface area (Å²) in [7, 11) is 0. The number of nitrogens with one attached hydrogen (secondary N) is 1. The van der Waals surface area contributed by atoms with Crippen molar-refractivity contribution < 1.29 is 13.9 Å². The predicted octanol–water partition coefficient (Wildman–Crippen LogP) is 5.12. The van der Waals surface area contributed by atoms with Gasteiger partial charge in [-0.25, -0.2) is 4.39 Å². The average Bonchev–Trinajstić information content (AvgIpc) is 2.90. The Hall–Kier alpha value is -3.82. The van der Waals surface area contributed by atoms with Crippen LogP contribution in [0.25, 0.3) is 22.2 Å². The van der Waals surface area contributed by atoms with E-state index in [1.165, 1.54) is 18.2 Å². The minimum absolute atomic E-state index is 0.103. The Morgan fingerprint density at radius 2 is 2.05 bits per heavy atom. The molecule has 0 spiro atoms. The predicted molar refractivity (Wildman–Crippen MR) is 141 cm³/mol. The van der Waals surface area contributed by atoms with Crippen molar-refractivity contribution in [3.63, 3.8) is 0 Å². The first-order chi connectivity index (χ1) is 18.0. The third-order valence-corrected chi connectivity index (χ3v) is 6.48. The number of ether oxygens (including phenoxy) is 1. The molecule has 37 heavy (non-hydrogen) atoms. The molecule has 190 valence electrons. The first-order valence-electron chi connectivity index (χ1n) is 12.0. The number of pyridine rings is 1. The maximum absolute atomic E-state index is 14.3. The molecule has 1 aliphatic rings. The highest BCUT2D eigenvalue weighted by atomic mass is 35.5. The number of nitrogens with zero attached hydrogens (tertiary/aromatic N) is 5. The highest BCUT2D eigenvalue weighted by molar-refractivity contribution is 6.30. The fraction of sp³-hybridized carbons (Fsp3) is 0.259. The van der Waals surface area contributed by atoms with Crippen LogP contribution in [0.1, 0.15) is 13.3 Å². The summed E-state index contributed by atoms with van der Waals surface area (Å²) >= 11 is 6.04. The molecular weight excluding hydrogens is 495 g/mol. The lowest BCUT2D eigenvalue weighted by Gasteiger charge is -2.34. The van der Waals surface area contributed by atoms with Crippen molar-refractivity contribution in [3.8, 4) is 17.0 Å². The Kier molecular flexibility index (Phi) is 7.43. The Morgan fingerprint density at radius 1 is 1.16 bits per heavy atom. The second-order valence-corrected chi connectivity index (χ2v) is 9.30. The number of halogens is 2. The molecule has 1 saturated heterocycles. The van der Waals surface area contributed by atoms with E-state index in [0.717, 1.165) is 48.4 Å². The number of anilines is 2. The van der Waals surface area contributed by atoms with Crippen LogP contribution in [0.2, 0.25) is 5.02 Å². The van der Waals surface area contributed by atoms with Gasteiger partial charge < -0.3 is 15.0 Å². The van der Waals surface area contributed by atoms with E-state index in [9.17, 15) is 9.18 Å². The fourth-order valence-electron chi connectivity index (χ4n) is 4.34. The number of benzene rings is 2. The Balaban J connectivity index is 1.27. The van der Waals surface area contributed by atoms with Crippen LogP contribution in [-0.2, 0) is 4.79 Å².